The molecule has 7 heteroatoms. The first-order valence-electron chi connectivity index (χ1n) is 7.60. The van der Waals surface area contributed by atoms with Gasteiger partial charge in [0.25, 0.3) is 0 Å². The third kappa shape index (κ3) is 3.73. The number of nitrogens with one attached hydrogen (secondary N) is 1. The molecule has 0 aliphatic carbocycles. The van der Waals surface area contributed by atoms with Crippen LogP contribution in [-0.4, -0.2) is 36.8 Å². The van der Waals surface area contributed by atoms with Crippen molar-refractivity contribution in [2.45, 2.75) is 45.8 Å². The molecular formula is C16H22BNO5. The minimum atomic E-state index is -0.900. The van der Waals surface area contributed by atoms with Gasteiger partial charge in [0.15, 0.2) is 0 Å². The molecule has 23 heavy (non-hydrogen) atoms. The number of hydrogen-bond acceptors (Lipinski definition) is 5. The molecule has 1 aromatic carbocycles. The summed E-state index contributed by atoms with van der Waals surface area (Å²) in [4.78, 5) is 22.9. The lowest BCUT2D eigenvalue weighted by Gasteiger charge is -2.32. The van der Waals surface area contributed by atoms with Crippen LogP contribution in [0.4, 0.5) is 5.69 Å². The van der Waals surface area contributed by atoms with Gasteiger partial charge in [0, 0.05) is 5.69 Å². The summed E-state index contributed by atoms with van der Waals surface area (Å²) >= 11 is 0. The highest BCUT2D eigenvalue weighted by Gasteiger charge is 2.51. The van der Waals surface area contributed by atoms with Crippen LogP contribution in [0.5, 0.6) is 0 Å². The lowest BCUT2D eigenvalue weighted by molar-refractivity contribution is -0.152. The largest absolute Gasteiger partial charge is 0.494 e. The van der Waals surface area contributed by atoms with Gasteiger partial charge in [0.2, 0.25) is 0 Å². The molecule has 1 heterocycles. The zero-order valence-corrected chi connectivity index (χ0v) is 14.1. The lowest BCUT2D eigenvalue weighted by Crippen LogP contribution is -2.41. The van der Waals surface area contributed by atoms with Crippen LogP contribution in [0.15, 0.2) is 24.3 Å². The van der Waals surface area contributed by atoms with Crippen molar-refractivity contribution >= 4 is 30.1 Å². The number of amides is 1. The summed E-state index contributed by atoms with van der Waals surface area (Å²) in [5.74, 6) is -1.70. The van der Waals surface area contributed by atoms with Gasteiger partial charge < -0.3 is 19.4 Å². The van der Waals surface area contributed by atoms with Crippen LogP contribution in [0.25, 0.3) is 0 Å². The second-order valence-electron chi connectivity index (χ2n) is 6.38. The molecule has 1 aromatic rings. The Morgan fingerprint density at radius 2 is 1.61 bits per heavy atom. The number of rotatable bonds is 3. The van der Waals surface area contributed by atoms with Crippen molar-refractivity contribution in [3.8, 4) is 0 Å². The third-order valence-electron chi connectivity index (χ3n) is 4.15. The average molecular weight is 319 g/mol. The summed E-state index contributed by atoms with van der Waals surface area (Å²) in [6, 6.07) is 6.97. The summed E-state index contributed by atoms with van der Waals surface area (Å²) in [6.07, 6.45) is 0. The molecular weight excluding hydrogens is 297 g/mol. The first-order chi connectivity index (χ1) is 10.7. The normalized spacial score (nSPS) is 18.6. The Kier molecular flexibility index (Phi) is 4.82. The molecule has 1 fully saturated rings. The maximum absolute atomic E-state index is 11.6. The third-order valence-corrected chi connectivity index (χ3v) is 4.15. The van der Waals surface area contributed by atoms with Crippen molar-refractivity contribution < 1.29 is 23.6 Å². The van der Waals surface area contributed by atoms with Gasteiger partial charge >= 0.3 is 19.0 Å². The maximum Gasteiger partial charge on any atom is 0.494 e. The summed E-state index contributed by atoms with van der Waals surface area (Å²) in [5, 5.41) is 2.48. The zero-order valence-electron chi connectivity index (χ0n) is 14.1. The van der Waals surface area contributed by atoms with E-state index in [2.05, 4.69) is 10.1 Å². The molecule has 1 aliphatic heterocycles. The van der Waals surface area contributed by atoms with Gasteiger partial charge in [-0.1, -0.05) is 12.1 Å². The Hall–Kier alpha value is -1.86. The van der Waals surface area contributed by atoms with Crippen LogP contribution in [0.3, 0.4) is 0 Å². The van der Waals surface area contributed by atoms with Crippen LogP contribution in [0, 0.1) is 0 Å². The SMILES string of the molecule is CCOC(=O)C(=O)Nc1ccc(B2OC(C)(C)C(C)(C)O2)cc1. The number of carbonyl (C=O) groups is 2. The van der Waals surface area contributed by atoms with Crippen molar-refractivity contribution in [2.24, 2.45) is 0 Å². The molecule has 1 aliphatic rings. The topological polar surface area (TPSA) is 73.9 Å². The fourth-order valence-electron chi connectivity index (χ4n) is 2.08. The number of anilines is 1. The summed E-state index contributed by atoms with van der Waals surface area (Å²) in [6.45, 7) is 9.75. The highest BCUT2D eigenvalue weighted by Crippen LogP contribution is 2.36. The monoisotopic (exact) mass is 319 g/mol. The van der Waals surface area contributed by atoms with Gasteiger partial charge in [-0.3, -0.25) is 4.79 Å². The number of esters is 1. The van der Waals surface area contributed by atoms with Gasteiger partial charge in [-0.2, -0.15) is 0 Å². The van der Waals surface area contributed by atoms with Gasteiger partial charge in [-0.05, 0) is 52.2 Å². The smallest absolute Gasteiger partial charge is 0.459 e. The molecule has 124 valence electrons. The molecule has 0 bridgehead atoms. The number of benzene rings is 1. The number of ether oxygens (including phenoxy) is 1. The van der Waals surface area contributed by atoms with Gasteiger partial charge in [-0.25, -0.2) is 4.79 Å². The minimum absolute atomic E-state index is 0.160. The second-order valence-corrected chi connectivity index (χ2v) is 6.38. The van der Waals surface area contributed by atoms with E-state index in [9.17, 15) is 9.59 Å². The van der Waals surface area contributed by atoms with Crippen molar-refractivity contribution in [2.75, 3.05) is 11.9 Å². The molecule has 1 saturated heterocycles. The van der Waals surface area contributed by atoms with Crippen LogP contribution >= 0.6 is 0 Å². The number of carbonyl (C=O) groups excluding carboxylic acids is 2. The maximum atomic E-state index is 11.6. The van der Waals surface area contributed by atoms with E-state index in [0.29, 0.717) is 5.69 Å². The van der Waals surface area contributed by atoms with Crippen LogP contribution < -0.4 is 10.8 Å². The van der Waals surface area contributed by atoms with Crippen LogP contribution in [0.2, 0.25) is 0 Å². The Morgan fingerprint density at radius 3 is 2.09 bits per heavy atom. The van der Waals surface area contributed by atoms with Crippen molar-refractivity contribution in [1.29, 1.82) is 0 Å². The lowest BCUT2D eigenvalue weighted by atomic mass is 9.79. The first kappa shape index (κ1) is 17.5. The van der Waals surface area contributed by atoms with Gasteiger partial charge in [-0.15, -0.1) is 0 Å². The van der Waals surface area contributed by atoms with E-state index in [1.165, 1.54) is 0 Å². The van der Waals surface area contributed by atoms with E-state index < -0.39 is 30.2 Å². The molecule has 0 saturated carbocycles. The first-order valence-corrected chi connectivity index (χ1v) is 7.60. The fraction of sp³-hybridized carbons (Fsp3) is 0.500. The highest BCUT2D eigenvalue weighted by atomic mass is 16.7. The average Bonchev–Trinajstić information content (AvgIpc) is 2.68. The van der Waals surface area contributed by atoms with E-state index >= 15 is 0 Å². The Labute approximate surface area is 136 Å². The molecule has 1 N–H and O–H groups in total. The molecule has 0 radical (unpaired) electrons. The standard InChI is InChI=1S/C16H22BNO5/c1-6-21-14(20)13(19)18-12-9-7-11(8-10-12)17-22-15(2,3)16(4,5)23-17/h7-10H,6H2,1-5H3,(H,18,19). The summed E-state index contributed by atoms with van der Waals surface area (Å²) < 4.78 is 16.6. The molecule has 0 aromatic heterocycles. The van der Waals surface area contributed by atoms with E-state index in [1.54, 1.807) is 31.2 Å². The fourth-order valence-corrected chi connectivity index (χ4v) is 2.08. The van der Waals surface area contributed by atoms with Crippen molar-refractivity contribution in [3.63, 3.8) is 0 Å². The summed E-state index contributed by atoms with van der Waals surface area (Å²) in [5.41, 5.74) is 0.532. The molecule has 6 nitrogen and oxygen atoms in total. The van der Waals surface area contributed by atoms with E-state index in [0.717, 1.165) is 5.46 Å². The van der Waals surface area contributed by atoms with Crippen molar-refractivity contribution in [1.82, 2.24) is 0 Å². The van der Waals surface area contributed by atoms with E-state index in [1.807, 2.05) is 27.7 Å². The second kappa shape index (κ2) is 6.33. The predicted octanol–water partition coefficient (Wildman–Crippen LogP) is 1.49. The summed E-state index contributed by atoms with van der Waals surface area (Å²) in [7, 11) is -0.463. The number of hydrogen-bond donors (Lipinski definition) is 1. The van der Waals surface area contributed by atoms with Gasteiger partial charge in [0.05, 0.1) is 17.8 Å². The van der Waals surface area contributed by atoms with Gasteiger partial charge in [0.1, 0.15) is 0 Å². The molecule has 0 atom stereocenters. The Balaban J connectivity index is 2.04. The van der Waals surface area contributed by atoms with E-state index in [-0.39, 0.29) is 6.61 Å². The molecule has 0 unspecified atom stereocenters. The highest BCUT2D eigenvalue weighted by molar-refractivity contribution is 6.62. The molecule has 0 spiro atoms. The van der Waals surface area contributed by atoms with E-state index in [4.69, 9.17) is 9.31 Å². The predicted molar refractivity (Wildman–Crippen MR) is 87.4 cm³/mol. The Morgan fingerprint density at radius 1 is 1.09 bits per heavy atom. The molecule has 1 amide bonds. The van der Waals surface area contributed by atoms with Crippen LogP contribution in [0.1, 0.15) is 34.6 Å². The van der Waals surface area contributed by atoms with Crippen molar-refractivity contribution in [3.05, 3.63) is 24.3 Å². The zero-order chi connectivity index (χ0) is 17.3. The minimum Gasteiger partial charge on any atom is -0.459 e. The Bertz CT molecular complexity index is 581. The quantitative estimate of drug-likeness (QED) is 0.519. The molecule has 2 rings (SSSR count). The van der Waals surface area contributed by atoms with Crippen LogP contribution in [-0.2, 0) is 23.6 Å².